The van der Waals surface area contributed by atoms with Gasteiger partial charge in [-0.05, 0) is 39.3 Å². The molecule has 0 aliphatic heterocycles. The summed E-state index contributed by atoms with van der Waals surface area (Å²) in [5, 5.41) is 6.07. The van der Waals surface area contributed by atoms with E-state index in [1.165, 1.54) is 0 Å². The normalized spacial score (nSPS) is 10.5. The van der Waals surface area contributed by atoms with E-state index in [-0.39, 0.29) is 11.9 Å². The smallest absolute Gasteiger partial charge is 0.251 e. The van der Waals surface area contributed by atoms with Crippen molar-refractivity contribution in [1.82, 2.24) is 10.3 Å². The lowest BCUT2D eigenvalue weighted by molar-refractivity contribution is 0.0943. The average Bonchev–Trinajstić information content (AvgIpc) is 2.28. The lowest BCUT2D eigenvalue weighted by atomic mass is 10.1. The second kappa shape index (κ2) is 6.99. The van der Waals surface area contributed by atoms with Gasteiger partial charge < -0.3 is 10.6 Å². The molecule has 0 aliphatic carbocycles. The summed E-state index contributed by atoms with van der Waals surface area (Å²) >= 11 is 0. The SMILES string of the molecule is CCCc1cc(C(=O)NC(C)C)cc(NCC)n1. The zero-order valence-corrected chi connectivity index (χ0v) is 11.7. The monoisotopic (exact) mass is 249 g/mol. The van der Waals surface area contributed by atoms with E-state index in [2.05, 4.69) is 22.5 Å². The van der Waals surface area contributed by atoms with Gasteiger partial charge in [0.25, 0.3) is 5.91 Å². The first-order valence-electron chi connectivity index (χ1n) is 6.62. The van der Waals surface area contributed by atoms with Crippen LogP contribution >= 0.6 is 0 Å². The van der Waals surface area contributed by atoms with Gasteiger partial charge in [0, 0.05) is 23.8 Å². The Kier molecular flexibility index (Phi) is 5.62. The highest BCUT2D eigenvalue weighted by Gasteiger charge is 2.10. The Morgan fingerprint density at radius 2 is 2.06 bits per heavy atom. The Balaban J connectivity index is 2.98. The van der Waals surface area contributed by atoms with Crippen molar-refractivity contribution in [3.8, 4) is 0 Å². The van der Waals surface area contributed by atoms with E-state index >= 15 is 0 Å². The van der Waals surface area contributed by atoms with Crippen LogP contribution in [0.5, 0.6) is 0 Å². The van der Waals surface area contributed by atoms with E-state index in [1.807, 2.05) is 26.8 Å². The summed E-state index contributed by atoms with van der Waals surface area (Å²) in [6, 6.07) is 3.82. The summed E-state index contributed by atoms with van der Waals surface area (Å²) in [7, 11) is 0. The maximum atomic E-state index is 12.0. The number of nitrogens with zero attached hydrogens (tertiary/aromatic N) is 1. The van der Waals surface area contributed by atoms with Crippen molar-refractivity contribution in [3.05, 3.63) is 23.4 Å². The highest BCUT2D eigenvalue weighted by atomic mass is 16.1. The van der Waals surface area contributed by atoms with Gasteiger partial charge in [-0.25, -0.2) is 4.98 Å². The predicted octanol–water partition coefficient (Wildman–Crippen LogP) is 2.60. The molecule has 0 saturated heterocycles. The number of aromatic nitrogens is 1. The van der Waals surface area contributed by atoms with Crippen LogP contribution in [0.15, 0.2) is 12.1 Å². The summed E-state index contributed by atoms with van der Waals surface area (Å²) in [5.74, 6) is 0.737. The van der Waals surface area contributed by atoms with Crippen molar-refractivity contribution >= 4 is 11.7 Å². The molecule has 100 valence electrons. The quantitative estimate of drug-likeness (QED) is 0.815. The molecule has 2 N–H and O–H groups in total. The Hall–Kier alpha value is -1.58. The Labute approximate surface area is 109 Å². The van der Waals surface area contributed by atoms with Crippen LogP contribution in [-0.4, -0.2) is 23.5 Å². The number of carbonyl (C=O) groups is 1. The highest BCUT2D eigenvalue weighted by Crippen LogP contribution is 2.12. The van der Waals surface area contributed by atoms with E-state index in [0.717, 1.165) is 30.9 Å². The summed E-state index contributed by atoms with van der Waals surface area (Å²) in [5.41, 5.74) is 1.64. The molecule has 1 heterocycles. The fraction of sp³-hybridized carbons (Fsp3) is 0.571. The van der Waals surface area contributed by atoms with Crippen LogP contribution in [0.4, 0.5) is 5.82 Å². The molecule has 0 radical (unpaired) electrons. The van der Waals surface area contributed by atoms with E-state index in [9.17, 15) is 4.79 Å². The summed E-state index contributed by atoms with van der Waals surface area (Å²) in [6.45, 7) is 8.83. The molecule has 1 aromatic rings. The number of rotatable bonds is 6. The van der Waals surface area contributed by atoms with Crippen molar-refractivity contribution in [2.24, 2.45) is 0 Å². The van der Waals surface area contributed by atoms with Crippen LogP contribution in [0.25, 0.3) is 0 Å². The fourth-order valence-electron chi connectivity index (χ4n) is 1.72. The van der Waals surface area contributed by atoms with Crippen molar-refractivity contribution in [2.45, 2.75) is 46.6 Å². The van der Waals surface area contributed by atoms with E-state index < -0.39 is 0 Å². The van der Waals surface area contributed by atoms with Crippen LogP contribution in [0.2, 0.25) is 0 Å². The lowest BCUT2D eigenvalue weighted by Crippen LogP contribution is -2.30. The molecule has 1 rings (SSSR count). The highest BCUT2D eigenvalue weighted by molar-refractivity contribution is 5.95. The molecule has 0 aliphatic rings. The average molecular weight is 249 g/mol. The summed E-state index contributed by atoms with van der Waals surface area (Å²) in [4.78, 5) is 16.5. The first-order chi connectivity index (χ1) is 8.56. The zero-order valence-electron chi connectivity index (χ0n) is 11.7. The molecule has 0 spiro atoms. The molecule has 18 heavy (non-hydrogen) atoms. The molecule has 1 amide bonds. The van der Waals surface area contributed by atoms with Crippen LogP contribution in [-0.2, 0) is 6.42 Å². The number of hydrogen-bond acceptors (Lipinski definition) is 3. The number of pyridine rings is 1. The van der Waals surface area contributed by atoms with Gasteiger partial charge in [-0.15, -0.1) is 0 Å². The van der Waals surface area contributed by atoms with Gasteiger partial charge in [0.05, 0.1) is 0 Å². The third-order valence-corrected chi connectivity index (χ3v) is 2.42. The van der Waals surface area contributed by atoms with E-state index in [4.69, 9.17) is 0 Å². The van der Waals surface area contributed by atoms with Crippen LogP contribution in [0, 0.1) is 0 Å². The molecule has 4 heteroatoms. The number of hydrogen-bond donors (Lipinski definition) is 2. The molecule has 1 aromatic heterocycles. The molecule has 0 fully saturated rings. The molecule has 0 aromatic carbocycles. The summed E-state index contributed by atoms with van der Waals surface area (Å²) in [6.07, 6.45) is 1.91. The second-order valence-corrected chi connectivity index (χ2v) is 4.64. The third-order valence-electron chi connectivity index (χ3n) is 2.42. The van der Waals surface area contributed by atoms with Crippen molar-refractivity contribution in [3.63, 3.8) is 0 Å². The minimum absolute atomic E-state index is 0.0380. The van der Waals surface area contributed by atoms with Gasteiger partial charge >= 0.3 is 0 Å². The molecular formula is C14H23N3O. The predicted molar refractivity (Wildman–Crippen MR) is 75.0 cm³/mol. The van der Waals surface area contributed by atoms with Gasteiger partial charge in [-0.1, -0.05) is 13.3 Å². The molecular weight excluding hydrogens is 226 g/mol. The molecule has 4 nitrogen and oxygen atoms in total. The van der Waals surface area contributed by atoms with E-state index in [0.29, 0.717) is 5.56 Å². The Morgan fingerprint density at radius 3 is 2.61 bits per heavy atom. The number of aryl methyl sites for hydroxylation is 1. The fourth-order valence-corrected chi connectivity index (χ4v) is 1.72. The number of anilines is 1. The van der Waals surface area contributed by atoms with Crippen molar-refractivity contribution in [1.29, 1.82) is 0 Å². The largest absolute Gasteiger partial charge is 0.370 e. The van der Waals surface area contributed by atoms with Gasteiger partial charge in [0.2, 0.25) is 0 Å². The van der Waals surface area contributed by atoms with E-state index in [1.54, 1.807) is 6.07 Å². The van der Waals surface area contributed by atoms with Crippen LogP contribution in [0.1, 0.15) is 50.2 Å². The number of nitrogens with one attached hydrogen (secondary N) is 2. The first kappa shape index (κ1) is 14.5. The standard InChI is InChI=1S/C14H23N3O/c1-5-7-12-8-11(14(18)16-10(3)4)9-13(17-12)15-6-2/h8-10H,5-7H2,1-4H3,(H,15,17)(H,16,18). The number of amides is 1. The number of carbonyl (C=O) groups excluding carboxylic acids is 1. The molecule has 0 bridgehead atoms. The van der Waals surface area contributed by atoms with Crippen LogP contribution in [0.3, 0.4) is 0 Å². The molecule has 0 saturated carbocycles. The zero-order chi connectivity index (χ0) is 13.5. The minimum atomic E-state index is -0.0380. The molecule has 0 unspecified atom stereocenters. The summed E-state index contributed by atoms with van der Waals surface area (Å²) < 4.78 is 0. The third kappa shape index (κ3) is 4.35. The maximum absolute atomic E-state index is 12.0. The van der Waals surface area contributed by atoms with Crippen molar-refractivity contribution in [2.75, 3.05) is 11.9 Å². The van der Waals surface area contributed by atoms with Gasteiger partial charge in [0.15, 0.2) is 0 Å². The second-order valence-electron chi connectivity index (χ2n) is 4.64. The van der Waals surface area contributed by atoms with Gasteiger partial charge in [-0.2, -0.15) is 0 Å². The first-order valence-corrected chi connectivity index (χ1v) is 6.62. The van der Waals surface area contributed by atoms with Crippen LogP contribution < -0.4 is 10.6 Å². The Morgan fingerprint density at radius 1 is 1.33 bits per heavy atom. The topological polar surface area (TPSA) is 54.0 Å². The van der Waals surface area contributed by atoms with Crippen molar-refractivity contribution < 1.29 is 4.79 Å². The van der Waals surface area contributed by atoms with Gasteiger partial charge in [-0.3, -0.25) is 4.79 Å². The Bertz CT molecular complexity index is 378. The molecule has 0 atom stereocenters. The van der Waals surface area contributed by atoms with Gasteiger partial charge in [0.1, 0.15) is 5.82 Å². The minimum Gasteiger partial charge on any atom is -0.370 e. The lowest BCUT2D eigenvalue weighted by Gasteiger charge is -2.11. The maximum Gasteiger partial charge on any atom is 0.251 e.